The molecule has 98 valence electrons. The van der Waals surface area contributed by atoms with Crippen LogP contribution in [-0.2, 0) is 9.47 Å². The van der Waals surface area contributed by atoms with Gasteiger partial charge in [0.2, 0.25) is 0 Å². The third-order valence-electron chi connectivity index (χ3n) is 2.58. The van der Waals surface area contributed by atoms with E-state index in [1.807, 2.05) is 25.6 Å². The number of hydrogen-bond acceptors (Lipinski definition) is 4. The molecule has 0 amide bonds. The molecule has 16 heavy (non-hydrogen) atoms. The molecule has 0 aromatic rings. The van der Waals surface area contributed by atoms with Gasteiger partial charge in [-0.05, 0) is 34.1 Å². The maximum atomic E-state index is 5.52. The van der Waals surface area contributed by atoms with E-state index in [4.69, 9.17) is 9.47 Å². The van der Waals surface area contributed by atoms with Gasteiger partial charge in [0.05, 0.1) is 0 Å². The first-order chi connectivity index (χ1) is 7.65. The minimum absolute atomic E-state index is 0.0427. The molecular formula is C12H27NO2S. The lowest BCUT2D eigenvalue weighted by molar-refractivity contribution is -0.141. The predicted molar refractivity (Wildman–Crippen MR) is 72.1 cm³/mol. The SMILES string of the molecule is CCOC(CCN(C)C(C)CSC)OCC. The van der Waals surface area contributed by atoms with E-state index < -0.39 is 0 Å². The van der Waals surface area contributed by atoms with Crippen molar-refractivity contribution in [1.82, 2.24) is 4.90 Å². The van der Waals surface area contributed by atoms with Gasteiger partial charge in [-0.3, -0.25) is 0 Å². The highest BCUT2D eigenvalue weighted by Gasteiger charge is 2.12. The third-order valence-corrected chi connectivity index (χ3v) is 3.40. The van der Waals surface area contributed by atoms with Gasteiger partial charge < -0.3 is 14.4 Å². The number of thioether (sulfide) groups is 1. The van der Waals surface area contributed by atoms with Crippen LogP contribution in [0.25, 0.3) is 0 Å². The summed E-state index contributed by atoms with van der Waals surface area (Å²) in [5.74, 6) is 1.17. The van der Waals surface area contributed by atoms with E-state index in [1.165, 1.54) is 5.75 Å². The standard InChI is InChI=1S/C12H27NO2S/c1-6-14-12(15-7-2)8-9-13(4)11(3)10-16-5/h11-12H,6-10H2,1-5H3. The molecule has 0 aliphatic heterocycles. The highest BCUT2D eigenvalue weighted by atomic mass is 32.2. The average Bonchev–Trinajstić information content (AvgIpc) is 2.26. The summed E-state index contributed by atoms with van der Waals surface area (Å²) in [6.07, 6.45) is 3.05. The summed E-state index contributed by atoms with van der Waals surface area (Å²) in [6.45, 7) is 8.72. The van der Waals surface area contributed by atoms with Gasteiger partial charge >= 0.3 is 0 Å². The molecule has 0 aliphatic carbocycles. The van der Waals surface area contributed by atoms with Crippen LogP contribution in [0.4, 0.5) is 0 Å². The largest absolute Gasteiger partial charge is 0.353 e. The summed E-state index contributed by atoms with van der Waals surface area (Å²) in [6, 6.07) is 0.610. The van der Waals surface area contributed by atoms with Gasteiger partial charge in [0.25, 0.3) is 0 Å². The van der Waals surface area contributed by atoms with Crippen LogP contribution in [0.5, 0.6) is 0 Å². The molecule has 3 nitrogen and oxygen atoms in total. The van der Waals surface area contributed by atoms with Gasteiger partial charge in [-0.15, -0.1) is 0 Å². The minimum atomic E-state index is -0.0427. The van der Waals surface area contributed by atoms with Gasteiger partial charge in [0.15, 0.2) is 6.29 Å². The zero-order chi connectivity index (χ0) is 12.4. The molecule has 1 unspecified atom stereocenters. The molecule has 0 radical (unpaired) electrons. The van der Waals surface area contributed by atoms with E-state index in [-0.39, 0.29) is 6.29 Å². The van der Waals surface area contributed by atoms with E-state index in [0.717, 1.165) is 26.2 Å². The molecule has 0 aliphatic rings. The van der Waals surface area contributed by atoms with Crippen LogP contribution >= 0.6 is 11.8 Å². The molecule has 0 N–H and O–H groups in total. The first kappa shape index (κ1) is 16.2. The van der Waals surface area contributed by atoms with Crippen LogP contribution in [0, 0.1) is 0 Å². The van der Waals surface area contributed by atoms with Gasteiger partial charge in [0.1, 0.15) is 0 Å². The molecule has 0 aromatic carbocycles. The van der Waals surface area contributed by atoms with E-state index in [0.29, 0.717) is 6.04 Å². The molecule has 4 heteroatoms. The van der Waals surface area contributed by atoms with Crippen LogP contribution in [-0.4, -0.2) is 56.0 Å². The topological polar surface area (TPSA) is 21.7 Å². The summed E-state index contributed by atoms with van der Waals surface area (Å²) in [4.78, 5) is 2.36. The summed E-state index contributed by atoms with van der Waals surface area (Å²) in [7, 11) is 2.16. The van der Waals surface area contributed by atoms with Crippen molar-refractivity contribution in [2.75, 3.05) is 38.8 Å². The Kier molecular flexibility index (Phi) is 10.5. The fraction of sp³-hybridized carbons (Fsp3) is 1.00. The van der Waals surface area contributed by atoms with Crippen LogP contribution in [0.1, 0.15) is 27.2 Å². The van der Waals surface area contributed by atoms with Crippen LogP contribution in [0.2, 0.25) is 0 Å². The molecular weight excluding hydrogens is 222 g/mol. The van der Waals surface area contributed by atoms with Crippen molar-refractivity contribution < 1.29 is 9.47 Å². The van der Waals surface area contributed by atoms with Crippen LogP contribution < -0.4 is 0 Å². The fourth-order valence-corrected chi connectivity index (χ4v) is 2.22. The van der Waals surface area contributed by atoms with E-state index in [2.05, 4.69) is 25.1 Å². The molecule has 0 fully saturated rings. The number of nitrogens with zero attached hydrogens (tertiary/aromatic N) is 1. The smallest absolute Gasteiger partial charge is 0.158 e. The van der Waals surface area contributed by atoms with Gasteiger partial charge in [-0.25, -0.2) is 0 Å². The summed E-state index contributed by atoms with van der Waals surface area (Å²) >= 11 is 1.89. The summed E-state index contributed by atoms with van der Waals surface area (Å²) in [5, 5.41) is 0. The highest BCUT2D eigenvalue weighted by Crippen LogP contribution is 2.07. The predicted octanol–water partition coefficient (Wildman–Crippen LogP) is 2.46. The Hall–Kier alpha value is 0.230. The highest BCUT2D eigenvalue weighted by molar-refractivity contribution is 7.98. The molecule has 1 atom stereocenters. The van der Waals surface area contributed by atoms with Gasteiger partial charge in [-0.1, -0.05) is 0 Å². The monoisotopic (exact) mass is 249 g/mol. The summed E-state index contributed by atoms with van der Waals surface area (Å²) < 4.78 is 11.0. The molecule has 0 saturated carbocycles. The van der Waals surface area contributed by atoms with Crippen molar-refractivity contribution in [3.8, 4) is 0 Å². The molecule has 0 heterocycles. The van der Waals surface area contributed by atoms with Crippen molar-refractivity contribution in [2.45, 2.75) is 39.5 Å². The van der Waals surface area contributed by atoms with Gasteiger partial charge in [0, 0.05) is 38.0 Å². The third kappa shape index (κ3) is 7.49. The Balaban J connectivity index is 3.80. The zero-order valence-electron chi connectivity index (χ0n) is 11.4. The fourth-order valence-electron chi connectivity index (χ4n) is 1.48. The lowest BCUT2D eigenvalue weighted by Crippen LogP contribution is -2.34. The number of hydrogen-bond donors (Lipinski definition) is 0. The van der Waals surface area contributed by atoms with Crippen molar-refractivity contribution in [2.24, 2.45) is 0 Å². The first-order valence-corrected chi connectivity index (χ1v) is 7.47. The second-order valence-corrected chi connectivity index (χ2v) is 4.82. The normalized spacial score (nSPS) is 13.7. The molecule has 0 aromatic heterocycles. The van der Waals surface area contributed by atoms with E-state index >= 15 is 0 Å². The maximum Gasteiger partial charge on any atom is 0.158 e. The number of rotatable bonds is 10. The van der Waals surface area contributed by atoms with Crippen molar-refractivity contribution in [3.63, 3.8) is 0 Å². The zero-order valence-corrected chi connectivity index (χ0v) is 12.2. The van der Waals surface area contributed by atoms with Crippen molar-refractivity contribution in [1.29, 1.82) is 0 Å². The molecule has 0 spiro atoms. The second kappa shape index (κ2) is 10.4. The van der Waals surface area contributed by atoms with Gasteiger partial charge in [-0.2, -0.15) is 11.8 Å². The Labute approximate surface area is 105 Å². The maximum absolute atomic E-state index is 5.52. The quantitative estimate of drug-likeness (QED) is 0.554. The van der Waals surface area contributed by atoms with E-state index in [9.17, 15) is 0 Å². The average molecular weight is 249 g/mol. The lowest BCUT2D eigenvalue weighted by atomic mass is 10.3. The number of ether oxygens (including phenoxy) is 2. The summed E-state index contributed by atoms with van der Waals surface area (Å²) in [5.41, 5.74) is 0. The molecule has 0 saturated heterocycles. The Bertz CT molecular complexity index is 152. The first-order valence-electron chi connectivity index (χ1n) is 6.08. The Morgan fingerprint density at radius 2 is 1.75 bits per heavy atom. The van der Waals surface area contributed by atoms with Crippen LogP contribution in [0.15, 0.2) is 0 Å². The van der Waals surface area contributed by atoms with Crippen molar-refractivity contribution in [3.05, 3.63) is 0 Å². The Morgan fingerprint density at radius 1 is 1.19 bits per heavy atom. The second-order valence-electron chi connectivity index (χ2n) is 3.91. The lowest BCUT2D eigenvalue weighted by Gasteiger charge is -2.26. The molecule has 0 rings (SSSR count). The minimum Gasteiger partial charge on any atom is -0.353 e. The molecule has 0 bridgehead atoms. The Morgan fingerprint density at radius 3 is 2.19 bits per heavy atom. The van der Waals surface area contributed by atoms with Crippen molar-refractivity contribution >= 4 is 11.8 Å². The van der Waals surface area contributed by atoms with E-state index in [1.54, 1.807) is 0 Å². The van der Waals surface area contributed by atoms with Crippen LogP contribution in [0.3, 0.4) is 0 Å².